The Kier molecular flexibility index (Phi) is 4.41. The van der Waals surface area contributed by atoms with E-state index in [0.717, 1.165) is 0 Å². The summed E-state index contributed by atoms with van der Waals surface area (Å²) >= 11 is 0. The number of aliphatic carboxylic acids is 1. The number of nitrogens with one attached hydrogen (secondary N) is 2. The van der Waals surface area contributed by atoms with Gasteiger partial charge in [-0.05, 0) is 13.8 Å². The Labute approximate surface area is 121 Å². The van der Waals surface area contributed by atoms with Crippen molar-refractivity contribution in [2.75, 3.05) is 13.2 Å². The number of ether oxygens (including phenoxy) is 1. The summed E-state index contributed by atoms with van der Waals surface area (Å²) in [5, 5.41) is 22.2. The van der Waals surface area contributed by atoms with Gasteiger partial charge in [-0.15, -0.1) is 10.2 Å². The summed E-state index contributed by atoms with van der Waals surface area (Å²) in [6.07, 6.45) is 1.58. The van der Waals surface area contributed by atoms with Crippen molar-refractivity contribution in [3.8, 4) is 0 Å². The van der Waals surface area contributed by atoms with Gasteiger partial charge in [-0.3, -0.25) is 4.79 Å². The lowest BCUT2D eigenvalue weighted by Gasteiger charge is -2.25. The van der Waals surface area contributed by atoms with Crippen molar-refractivity contribution in [2.24, 2.45) is 5.41 Å². The Morgan fingerprint density at radius 2 is 2.38 bits per heavy atom. The molecule has 0 aliphatic carbocycles. The largest absolute Gasteiger partial charge is 0.481 e. The first kappa shape index (κ1) is 15.2. The topological polar surface area (TPSA) is 118 Å². The van der Waals surface area contributed by atoms with E-state index in [4.69, 9.17) is 4.74 Å². The Bertz CT molecular complexity index is 531. The standard InChI is InChI=1S/C12H19N5O4/c1-3-17-7-14-16-9(17)4-13-11(20)15-8-5-21-6-12(8,2)10(18)19/h7-8H,3-6H2,1-2H3,(H,18,19)(H2,13,15,20). The quantitative estimate of drug-likeness (QED) is 0.679. The summed E-state index contributed by atoms with van der Waals surface area (Å²) in [5.41, 5.74) is -1.11. The van der Waals surface area contributed by atoms with E-state index in [1.807, 2.05) is 6.92 Å². The van der Waals surface area contributed by atoms with Crippen LogP contribution in [0, 0.1) is 5.41 Å². The SMILES string of the molecule is CCn1cnnc1CNC(=O)NC1COCC1(C)C(=O)O. The highest BCUT2D eigenvalue weighted by Gasteiger charge is 2.47. The second-order valence-corrected chi connectivity index (χ2v) is 5.15. The van der Waals surface area contributed by atoms with Crippen molar-refractivity contribution in [2.45, 2.75) is 33.0 Å². The number of amides is 2. The lowest BCUT2D eigenvalue weighted by Crippen LogP contribution is -2.52. The highest BCUT2D eigenvalue weighted by molar-refractivity contribution is 5.79. The van der Waals surface area contributed by atoms with E-state index < -0.39 is 23.5 Å². The summed E-state index contributed by atoms with van der Waals surface area (Å²) in [6.45, 7) is 4.69. The highest BCUT2D eigenvalue weighted by Crippen LogP contribution is 2.28. The molecule has 1 saturated heterocycles. The molecule has 2 heterocycles. The van der Waals surface area contributed by atoms with Crippen molar-refractivity contribution in [1.29, 1.82) is 0 Å². The number of hydrogen-bond donors (Lipinski definition) is 3. The van der Waals surface area contributed by atoms with Gasteiger partial charge in [-0.1, -0.05) is 0 Å². The van der Waals surface area contributed by atoms with E-state index in [0.29, 0.717) is 12.4 Å². The van der Waals surface area contributed by atoms with Crippen molar-refractivity contribution >= 4 is 12.0 Å². The molecule has 116 valence electrons. The molecule has 2 amide bonds. The molecule has 3 N–H and O–H groups in total. The molecule has 2 rings (SSSR count). The van der Waals surface area contributed by atoms with E-state index in [2.05, 4.69) is 20.8 Å². The highest BCUT2D eigenvalue weighted by atomic mass is 16.5. The minimum absolute atomic E-state index is 0.0808. The molecule has 9 nitrogen and oxygen atoms in total. The molecule has 0 spiro atoms. The van der Waals surface area contributed by atoms with Crippen LogP contribution in [0.4, 0.5) is 4.79 Å². The molecule has 2 atom stereocenters. The number of aryl methyl sites for hydroxylation is 1. The summed E-state index contributed by atoms with van der Waals surface area (Å²) in [7, 11) is 0. The van der Waals surface area contributed by atoms with Crippen molar-refractivity contribution in [1.82, 2.24) is 25.4 Å². The van der Waals surface area contributed by atoms with Crippen LogP contribution in [0.25, 0.3) is 0 Å². The molecule has 1 aliphatic rings. The van der Waals surface area contributed by atoms with Crippen LogP contribution in [0.5, 0.6) is 0 Å². The molecular formula is C12H19N5O4. The fourth-order valence-corrected chi connectivity index (χ4v) is 2.13. The first-order valence-corrected chi connectivity index (χ1v) is 6.69. The summed E-state index contributed by atoms with van der Waals surface area (Å²) in [4.78, 5) is 23.1. The maximum Gasteiger partial charge on any atom is 0.315 e. The molecule has 2 unspecified atom stereocenters. The summed E-state index contributed by atoms with van der Waals surface area (Å²) in [5.74, 6) is -0.354. The molecule has 9 heteroatoms. The van der Waals surface area contributed by atoms with E-state index in [9.17, 15) is 14.7 Å². The van der Waals surface area contributed by atoms with Gasteiger partial charge in [0.15, 0.2) is 5.82 Å². The second-order valence-electron chi connectivity index (χ2n) is 5.15. The number of nitrogens with zero attached hydrogens (tertiary/aromatic N) is 3. The fourth-order valence-electron chi connectivity index (χ4n) is 2.13. The lowest BCUT2D eigenvalue weighted by atomic mass is 9.85. The average Bonchev–Trinajstić information content (AvgIpc) is 3.04. The van der Waals surface area contributed by atoms with E-state index in [-0.39, 0.29) is 19.8 Å². The number of hydrogen-bond acceptors (Lipinski definition) is 5. The molecule has 21 heavy (non-hydrogen) atoms. The molecule has 0 radical (unpaired) electrons. The van der Waals surface area contributed by atoms with E-state index in [1.54, 1.807) is 17.8 Å². The van der Waals surface area contributed by atoms with Gasteiger partial charge in [0.25, 0.3) is 0 Å². The molecule has 1 aliphatic heterocycles. The number of carbonyl (C=O) groups is 2. The van der Waals surface area contributed by atoms with Crippen LogP contribution in [-0.4, -0.2) is 51.1 Å². The van der Waals surface area contributed by atoms with Crippen molar-refractivity contribution < 1.29 is 19.4 Å². The average molecular weight is 297 g/mol. The molecule has 0 aromatic carbocycles. The summed E-state index contributed by atoms with van der Waals surface area (Å²) in [6, 6.07) is -1.03. The zero-order valence-corrected chi connectivity index (χ0v) is 12.0. The van der Waals surface area contributed by atoms with Gasteiger partial charge in [-0.25, -0.2) is 4.79 Å². The fraction of sp³-hybridized carbons (Fsp3) is 0.667. The number of carboxylic acid groups (broad SMARTS) is 1. The third-order valence-electron chi connectivity index (χ3n) is 3.69. The van der Waals surface area contributed by atoms with Crippen LogP contribution < -0.4 is 10.6 Å². The van der Waals surface area contributed by atoms with Gasteiger partial charge in [0, 0.05) is 6.54 Å². The van der Waals surface area contributed by atoms with Crippen LogP contribution in [0.2, 0.25) is 0 Å². The number of urea groups is 1. The van der Waals surface area contributed by atoms with Crippen LogP contribution in [0.3, 0.4) is 0 Å². The molecular weight excluding hydrogens is 278 g/mol. The minimum atomic E-state index is -1.11. The Morgan fingerprint density at radius 1 is 1.62 bits per heavy atom. The second kappa shape index (κ2) is 6.08. The normalized spacial score (nSPS) is 24.8. The zero-order valence-electron chi connectivity index (χ0n) is 12.0. The van der Waals surface area contributed by atoms with Gasteiger partial charge in [0.1, 0.15) is 11.7 Å². The molecule has 0 bridgehead atoms. The Balaban J connectivity index is 1.89. The van der Waals surface area contributed by atoms with Gasteiger partial charge in [0.2, 0.25) is 0 Å². The number of carboxylic acids is 1. The van der Waals surface area contributed by atoms with E-state index >= 15 is 0 Å². The van der Waals surface area contributed by atoms with Gasteiger partial charge < -0.3 is 25.0 Å². The van der Waals surface area contributed by atoms with Gasteiger partial charge in [0.05, 0.1) is 25.8 Å². The van der Waals surface area contributed by atoms with Crippen LogP contribution >= 0.6 is 0 Å². The van der Waals surface area contributed by atoms with Crippen molar-refractivity contribution in [3.63, 3.8) is 0 Å². The zero-order chi connectivity index (χ0) is 15.5. The number of carbonyl (C=O) groups excluding carboxylic acids is 1. The lowest BCUT2D eigenvalue weighted by molar-refractivity contribution is -0.148. The van der Waals surface area contributed by atoms with Crippen LogP contribution in [0.15, 0.2) is 6.33 Å². The smallest absolute Gasteiger partial charge is 0.315 e. The van der Waals surface area contributed by atoms with Crippen LogP contribution in [-0.2, 0) is 22.6 Å². The summed E-state index contributed by atoms with van der Waals surface area (Å²) < 4.78 is 6.98. The molecule has 1 fully saturated rings. The first-order valence-electron chi connectivity index (χ1n) is 6.69. The van der Waals surface area contributed by atoms with E-state index in [1.165, 1.54) is 0 Å². The predicted molar refractivity (Wildman–Crippen MR) is 71.4 cm³/mol. The monoisotopic (exact) mass is 297 g/mol. The maximum absolute atomic E-state index is 11.9. The molecule has 1 aromatic rings. The third-order valence-corrected chi connectivity index (χ3v) is 3.69. The first-order chi connectivity index (χ1) is 9.97. The van der Waals surface area contributed by atoms with Crippen LogP contribution in [0.1, 0.15) is 19.7 Å². The maximum atomic E-state index is 11.9. The number of rotatable bonds is 5. The minimum Gasteiger partial charge on any atom is -0.481 e. The number of aromatic nitrogens is 3. The molecule has 1 aromatic heterocycles. The Morgan fingerprint density at radius 3 is 3.05 bits per heavy atom. The predicted octanol–water partition coefficient (Wildman–Crippen LogP) is -0.413. The molecule has 0 saturated carbocycles. The van der Waals surface area contributed by atoms with Gasteiger partial charge >= 0.3 is 12.0 Å². The van der Waals surface area contributed by atoms with Gasteiger partial charge in [-0.2, -0.15) is 0 Å². The Hall–Kier alpha value is -2.16. The van der Waals surface area contributed by atoms with Crippen molar-refractivity contribution in [3.05, 3.63) is 12.2 Å². The third kappa shape index (κ3) is 3.13.